The van der Waals surface area contributed by atoms with Gasteiger partial charge in [0, 0.05) is 36.7 Å². The molecular weight excluding hydrogens is 412 g/mol. The Morgan fingerprint density at radius 3 is 2.76 bits per heavy atom. The molecule has 1 fully saturated rings. The lowest BCUT2D eigenvalue weighted by atomic mass is 10.1. The van der Waals surface area contributed by atoms with Crippen LogP contribution in [0.3, 0.4) is 0 Å². The molecule has 0 unspecified atom stereocenters. The highest BCUT2D eigenvalue weighted by Gasteiger charge is 2.25. The number of nitrogens with zero attached hydrogens (tertiary/aromatic N) is 5. The van der Waals surface area contributed by atoms with Crippen LogP contribution in [0.25, 0.3) is 11.0 Å². The van der Waals surface area contributed by atoms with E-state index in [0.29, 0.717) is 12.6 Å². The van der Waals surface area contributed by atoms with Crippen molar-refractivity contribution >= 4 is 22.5 Å². The van der Waals surface area contributed by atoms with Gasteiger partial charge < -0.3 is 14.6 Å². The van der Waals surface area contributed by atoms with Crippen molar-refractivity contribution in [3.63, 3.8) is 0 Å². The highest BCUT2D eigenvalue weighted by molar-refractivity contribution is 5.76. The Labute approximate surface area is 194 Å². The number of fused-ring (bicyclic) bond motifs is 1. The molecule has 1 aromatic carbocycles. The molecule has 1 atom stereocenters. The first kappa shape index (κ1) is 21.6. The minimum absolute atomic E-state index is 0.0835. The van der Waals surface area contributed by atoms with Gasteiger partial charge in [-0.25, -0.2) is 9.97 Å². The molecule has 3 aromatic heterocycles. The van der Waals surface area contributed by atoms with Crippen LogP contribution in [0.4, 0.5) is 11.5 Å². The normalized spacial score (nSPS) is 17.0. The predicted molar refractivity (Wildman–Crippen MR) is 131 cm³/mol. The van der Waals surface area contributed by atoms with E-state index in [1.54, 1.807) is 6.20 Å². The third-order valence-electron chi connectivity index (χ3n) is 5.94. The number of anilines is 2. The summed E-state index contributed by atoms with van der Waals surface area (Å²) in [6.07, 6.45) is 1.70. The number of hydrogen-bond acceptors (Lipinski definition) is 6. The van der Waals surface area contributed by atoms with Gasteiger partial charge in [-0.1, -0.05) is 18.2 Å². The van der Waals surface area contributed by atoms with Gasteiger partial charge in [-0.15, -0.1) is 0 Å². The van der Waals surface area contributed by atoms with Gasteiger partial charge >= 0.3 is 0 Å². The number of pyridine rings is 2. The van der Waals surface area contributed by atoms with Crippen LogP contribution in [-0.2, 0) is 11.3 Å². The summed E-state index contributed by atoms with van der Waals surface area (Å²) in [6, 6.07) is 18.7. The molecule has 0 bridgehead atoms. The van der Waals surface area contributed by atoms with Gasteiger partial charge in [0.25, 0.3) is 0 Å². The molecule has 0 spiro atoms. The Kier molecular flexibility index (Phi) is 6.07. The van der Waals surface area contributed by atoms with Crippen molar-refractivity contribution in [2.45, 2.75) is 39.5 Å². The summed E-state index contributed by atoms with van der Waals surface area (Å²) in [6.45, 7) is 9.56. The molecule has 0 amide bonds. The second-order valence-corrected chi connectivity index (χ2v) is 8.84. The van der Waals surface area contributed by atoms with Crippen LogP contribution in [0.2, 0.25) is 0 Å². The maximum Gasteiger partial charge on any atom is 0.130 e. The van der Waals surface area contributed by atoms with Gasteiger partial charge in [0.15, 0.2) is 0 Å². The fraction of sp³-hybridized carbons (Fsp3) is 0.346. The van der Waals surface area contributed by atoms with Crippen LogP contribution in [-0.4, -0.2) is 44.1 Å². The topological polar surface area (TPSA) is 68.1 Å². The second-order valence-electron chi connectivity index (χ2n) is 8.84. The summed E-state index contributed by atoms with van der Waals surface area (Å²) in [7, 11) is 0. The number of para-hydroxylation sites is 2. The Bertz CT molecular complexity index is 1240. The van der Waals surface area contributed by atoms with Crippen LogP contribution in [0.15, 0.2) is 60.8 Å². The number of imidazole rings is 1. The summed E-state index contributed by atoms with van der Waals surface area (Å²) < 4.78 is 8.50. The second kappa shape index (κ2) is 9.29. The first-order valence-electron chi connectivity index (χ1n) is 11.5. The van der Waals surface area contributed by atoms with Crippen molar-refractivity contribution in [3.05, 3.63) is 78.0 Å². The Hall–Kier alpha value is -3.29. The highest BCUT2D eigenvalue weighted by Crippen LogP contribution is 2.27. The van der Waals surface area contributed by atoms with Crippen LogP contribution >= 0.6 is 0 Å². The average molecular weight is 443 g/mol. The molecule has 1 aliphatic rings. The van der Waals surface area contributed by atoms with E-state index >= 15 is 0 Å². The lowest BCUT2D eigenvalue weighted by Crippen LogP contribution is -2.38. The minimum Gasteiger partial charge on any atom is -0.369 e. The van der Waals surface area contributed by atoms with E-state index in [1.165, 1.54) is 5.52 Å². The van der Waals surface area contributed by atoms with Crippen molar-refractivity contribution in [3.8, 4) is 0 Å². The zero-order valence-corrected chi connectivity index (χ0v) is 19.4. The molecule has 7 nitrogen and oxygen atoms in total. The first-order chi connectivity index (χ1) is 16.1. The Balaban J connectivity index is 1.36. The van der Waals surface area contributed by atoms with Gasteiger partial charge in [-0.2, -0.15) is 0 Å². The lowest BCUT2D eigenvalue weighted by Gasteiger charge is -2.33. The molecule has 0 radical (unpaired) electrons. The average Bonchev–Trinajstić information content (AvgIpc) is 3.17. The molecule has 1 saturated heterocycles. The van der Waals surface area contributed by atoms with Crippen molar-refractivity contribution in [2.24, 2.45) is 0 Å². The molecule has 4 heterocycles. The molecule has 5 rings (SSSR count). The molecule has 170 valence electrons. The number of rotatable bonds is 6. The number of hydrogen-bond donors (Lipinski definition) is 1. The summed E-state index contributed by atoms with van der Waals surface area (Å²) in [5.41, 5.74) is 5.11. The van der Waals surface area contributed by atoms with Crippen LogP contribution in [0, 0.1) is 6.92 Å². The lowest BCUT2D eigenvalue weighted by molar-refractivity contribution is -0.0360. The van der Waals surface area contributed by atoms with E-state index in [4.69, 9.17) is 14.7 Å². The van der Waals surface area contributed by atoms with Crippen LogP contribution in [0.1, 0.15) is 43.2 Å². The van der Waals surface area contributed by atoms with Gasteiger partial charge in [-0.05, 0) is 57.2 Å². The first-order valence-corrected chi connectivity index (χ1v) is 11.5. The van der Waals surface area contributed by atoms with Gasteiger partial charge in [0.05, 0.1) is 29.9 Å². The van der Waals surface area contributed by atoms with E-state index in [9.17, 15) is 0 Å². The van der Waals surface area contributed by atoms with Gasteiger partial charge in [0.1, 0.15) is 17.7 Å². The van der Waals surface area contributed by atoms with Gasteiger partial charge in [-0.3, -0.25) is 9.88 Å². The SMILES string of the molecule is Cc1cc(Nc2ccccn2)cc([C@H]2CN(Cc3nc4ccccc4n3C(C)C)CCO2)n1. The number of aromatic nitrogens is 4. The van der Waals surface area contributed by atoms with E-state index in [0.717, 1.165) is 53.9 Å². The van der Waals surface area contributed by atoms with E-state index in [1.807, 2.05) is 31.2 Å². The summed E-state index contributed by atoms with van der Waals surface area (Å²) in [4.78, 5) is 16.5. The van der Waals surface area contributed by atoms with Crippen molar-refractivity contribution in [1.29, 1.82) is 0 Å². The number of nitrogens with one attached hydrogen (secondary N) is 1. The predicted octanol–water partition coefficient (Wildman–Crippen LogP) is 5.03. The zero-order valence-electron chi connectivity index (χ0n) is 19.4. The van der Waals surface area contributed by atoms with E-state index in [2.05, 4.69) is 63.9 Å². The van der Waals surface area contributed by atoms with Crippen molar-refractivity contribution < 1.29 is 4.74 Å². The fourth-order valence-corrected chi connectivity index (χ4v) is 4.52. The Morgan fingerprint density at radius 2 is 1.94 bits per heavy atom. The largest absolute Gasteiger partial charge is 0.369 e. The summed E-state index contributed by atoms with van der Waals surface area (Å²) in [5.74, 6) is 1.91. The molecular formula is C26H30N6O. The minimum atomic E-state index is -0.0835. The molecule has 1 aliphatic heterocycles. The van der Waals surface area contributed by atoms with Crippen LogP contribution in [0.5, 0.6) is 0 Å². The summed E-state index contributed by atoms with van der Waals surface area (Å²) in [5, 5.41) is 3.38. The molecule has 0 saturated carbocycles. The molecule has 7 heteroatoms. The molecule has 1 N–H and O–H groups in total. The number of aryl methyl sites for hydroxylation is 1. The Morgan fingerprint density at radius 1 is 1.09 bits per heavy atom. The van der Waals surface area contributed by atoms with Gasteiger partial charge in [0.2, 0.25) is 0 Å². The number of benzene rings is 1. The standard InChI is InChI=1S/C26H30N6O/c1-18(2)32-23-9-5-4-8-21(23)30-26(32)17-31-12-13-33-24(16-31)22-15-20(14-19(3)28-22)29-25-10-6-7-11-27-25/h4-11,14-15,18,24H,12-13,16-17H2,1-3H3,(H,27,28,29)/t24-/m1/s1. The molecule has 4 aromatic rings. The fourth-order valence-electron chi connectivity index (χ4n) is 4.52. The highest BCUT2D eigenvalue weighted by atomic mass is 16.5. The monoisotopic (exact) mass is 442 g/mol. The zero-order chi connectivity index (χ0) is 22.8. The maximum atomic E-state index is 6.15. The van der Waals surface area contributed by atoms with E-state index < -0.39 is 0 Å². The number of ether oxygens (including phenoxy) is 1. The van der Waals surface area contributed by atoms with Crippen molar-refractivity contribution in [2.75, 3.05) is 25.0 Å². The number of morpholine rings is 1. The molecule has 33 heavy (non-hydrogen) atoms. The van der Waals surface area contributed by atoms with Crippen LogP contribution < -0.4 is 5.32 Å². The quantitative estimate of drug-likeness (QED) is 0.452. The molecule has 0 aliphatic carbocycles. The maximum absolute atomic E-state index is 6.15. The summed E-state index contributed by atoms with van der Waals surface area (Å²) >= 11 is 0. The van der Waals surface area contributed by atoms with Crippen molar-refractivity contribution in [1.82, 2.24) is 24.4 Å². The third-order valence-corrected chi connectivity index (χ3v) is 5.94. The third kappa shape index (κ3) is 4.74. The van der Waals surface area contributed by atoms with E-state index in [-0.39, 0.29) is 6.10 Å². The smallest absolute Gasteiger partial charge is 0.130 e.